The van der Waals surface area contributed by atoms with Crippen molar-refractivity contribution in [2.75, 3.05) is 0 Å². The van der Waals surface area contributed by atoms with Gasteiger partial charge in [-0.05, 0) is 45.1 Å². The molecular weight excluding hydrogens is 238 g/mol. The highest BCUT2D eigenvalue weighted by molar-refractivity contribution is 5.76. The van der Waals surface area contributed by atoms with E-state index in [0.29, 0.717) is 6.42 Å². The first-order valence-corrected chi connectivity index (χ1v) is 7.12. The van der Waals surface area contributed by atoms with Crippen LogP contribution in [0.1, 0.15) is 44.7 Å². The summed E-state index contributed by atoms with van der Waals surface area (Å²) in [6.07, 6.45) is 10.1. The van der Waals surface area contributed by atoms with Gasteiger partial charge < -0.3 is 5.32 Å². The Hall–Kier alpha value is -1.58. The number of carbonyl (C=O) groups excluding carboxylic acids is 1. The highest BCUT2D eigenvalue weighted by atomic mass is 16.1. The standard InChI is InChI=1S/C15H23N3O/c1-12(13-6-4-3-5-7-13)17-15(19)9-8-14-10-11-16-18(14)2/h6,10-12H,3-5,7-9H2,1-2H3,(H,17,19)/t12-/m1/s1. The lowest BCUT2D eigenvalue weighted by atomic mass is 9.94. The van der Waals surface area contributed by atoms with Gasteiger partial charge in [-0.15, -0.1) is 0 Å². The largest absolute Gasteiger partial charge is 0.350 e. The minimum atomic E-state index is 0.125. The van der Waals surface area contributed by atoms with Gasteiger partial charge in [-0.1, -0.05) is 11.6 Å². The second-order valence-electron chi connectivity index (χ2n) is 5.26. The maximum atomic E-state index is 11.9. The van der Waals surface area contributed by atoms with Gasteiger partial charge in [-0.25, -0.2) is 0 Å². The van der Waals surface area contributed by atoms with Crippen LogP contribution in [0.15, 0.2) is 23.9 Å². The number of nitrogens with one attached hydrogen (secondary N) is 1. The Morgan fingerprint density at radius 1 is 1.53 bits per heavy atom. The van der Waals surface area contributed by atoms with Gasteiger partial charge in [0, 0.05) is 31.4 Å². The molecular formula is C15H23N3O. The number of hydrogen-bond acceptors (Lipinski definition) is 2. The second kappa shape index (κ2) is 6.55. The van der Waals surface area contributed by atoms with Gasteiger partial charge in [0.15, 0.2) is 0 Å². The van der Waals surface area contributed by atoms with Gasteiger partial charge in [0.25, 0.3) is 0 Å². The van der Waals surface area contributed by atoms with E-state index in [2.05, 4.69) is 23.4 Å². The fourth-order valence-corrected chi connectivity index (χ4v) is 2.55. The summed E-state index contributed by atoms with van der Waals surface area (Å²) in [6.45, 7) is 2.08. The van der Waals surface area contributed by atoms with Gasteiger partial charge in [-0.2, -0.15) is 5.10 Å². The Morgan fingerprint density at radius 2 is 2.37 bits per heavy atom. The van der Waals surface area contributed by atoms with Gasteiger partial charge in [0.2, 0.25) is 5.91 Å². The molecule has 2 rings (SSSR count). The van der Waals surface area contributed by atoms with E-state index in [1.54, 1.807) is 6.20 Å². The Morgan fingerprint density at radius 3 is 3.00 bits per heavy atom. The molecule has 1 aliphatic rings. The molecule has 0 saturated carbocycles. The molecule has 1 aromatic heterocycles. The molecule has 0 fully saturated rings. The van der Waals surface area contributed by atoms with E-state index in [4.69, 9.17) is 0 Å². The quantitative estimate of drug-likeness (QED) is 0.827. The molecule has 104 valence electrons. The van der Waals surface area contributed by atoms with Crippen molar-refractivity contribution in [2.45, 2.75) is 51.5 Å². The van der Waals surface area contributed by atoms with Crippen LogP contribution in [0.3, 0.4) is 0 Å². The zero-order chi connectivity index (χ0) is 13.7. The van der Waals surface area contributed by atoms with Crippen molar-refractivity contribution >= 4 is 5.91 Å². The Balaban J connectivity index is 1.78. The minimum Gasteiger partial charge on any atom is -0.350 e. The Kier molecular flexibility index (Phi) is 4.77. The number of amides is 1. The Bertz CT molecular complexity index is 462. The number of nitrogens with zero attached hydrogens (tertiary/aromatic N) is 2. The van der Waals surface area contributed by atoms with Crippen molar-refractivity contribution < 1.29 is 4.79 Å². The van der Waals surface area contributed by atoms with Gasteiger partial charge >= 0.3 is 0 Å². The molecule has 0 radical (unpaired) electrons. The zero-order valence-electron chi connectivity index (χ0n) is 11.9. The lowest BCUT2D eigenvalue weighted by Crippen LogP contribution is -2.34. The lowest BCUT2D eigenvalue weighted by Gasteiger charge is -2.20. The highest BCUT2D eigenvalue weighted by Crippen LogP contribution is 2.20. The third-order valence-electron chi connectivity index (χ3n) is 3.79. The van der Waals surface area contributed by atoms with Crippen molar-refractivity contribution in [3.63, 3.8) is 0 Å². The first-order chi connectivity index (χ1) is 9.16. The van der Waals surface area contributed by atoms with Crippen LogP contribution in [-0.2, 0) is 18.3 Å². The van der Waals surface area contributed by atoms with Crippen LogP contribution in [0.4, 0.5) is 0 Å². The van der Waals surface area contributed by atoms with E-state index in [0.717, 1.165) is 25.0 Å². The van der Waals surface area contributed by atoms with Crippen molar-refractivity contribution in [1.29, 1.82) is 0 Å². The number of allylic oxidation sites excluding steroid dienone is 1. The fraction of sp³-hybridized carbons (Fsp3) is 0.600. The van der Waals surface area contributed by atoms with E-state index >= 15 is 0 Å². The summed E-state index contributed by atoms with van der Waals surface area (Å²) in [7, 11) is 1.91. The lowest BCUT2D eigenvalue weighted by molar-refractivity contribution is -0.121. The molecule has 1 heterocycles. The molecule has 1 N–H and O–H groups in total. The highest BCUT2D eigenvalue weighted by Gasteiger charge is 2.14. The summed E-state index contributed by atoms with van der Waals surface area (Å²) in [4.78, 5) is 11.9. The number of aryl methyl sites for hydroxylation is 2. The number of hydrogen-bond donors (Lipinski definition) is 1. The monoisotopic (exact) mass is 261 g/mol. The summed E-state index contributed by atoms with van der Waals surface area (Å²) in [5.74, 6) is 0.125. The third-order valence-corrected chi connectivity index (χ3v) is 3.79. The van der Waals surface area contributed by atoms with E-state index < -0.39 is 0 Å². The summed E-state index contributed by atoms with van der Waals surface area (Å²) >= 11 is 0. The molecule has 4 nitrogen and oxygen atoms in total. The van der Waals surface area contributed by atoms with Crippen LogP contribution >= 0.6 is 0 Å². The van der Waals surface area contributed by atoms with Crippen molar-refractivity contribution in [3.8, 4) is 0 Å². The molecule has 1 atom stereocenters. The molecule has 1 aromatic rings. The average Bonchev–Trinajstić information content (AvgIpc) is 2.83. The first-order valence-electron chi connectivity index (χ1n) is 7.12. The van der Waals surface area contributed by atoms with Crippen molar-refractivity contribution in [2.24, 2.45) is 7.05 Å². The summed E-state index contributed by atoms with van der Waals surface area (Å²) in [5, 5.41) is 7.20. The van der Waals surface area contributed by atoms with Crippen LogP contribution in [0, 0.1) is 0 Å². The number of aromatic nitrogens is 2. The molecule has 0 aliphatic heterocycles. The van der Waals surface area contributed by atoms with Crippen LogP contribution in [0.5, 0.6) is 0 Å². The predicted octanol–water partition coefficient (Wildman–Crippen LogP) is 2.36. The SMILES string of the molecule is C[C@@H](NC(=O)CCc1ccnn1C)C1=CCCCC1. The number of carbonyl (C=O) groups is 1. The predicted molar refractivity (Wildman–Crippen MR) is 75.7 cm³/mol. The van der Waals surface area contributed by atoms with E-state index in [9.17, 15) is 4.79 Å². The van der Waals surface area contributed by atoms with Crippen LogP contribution < -0.4 is 5.32 Å². The molecule has 1 aliphatic carbocycles. The normalized spacial score (nSPS) is 16.8. The van der Waals surface area contributed by atoms with Gasteiger partial charge in [0.1, 0.15) is 0 Å². The van der Waals surface area contributed by atoms with Gasteiger partial charge in [-0.3, -0.25) is 9.48 Å². The third kappa shape index (κ3) is 3.94. The maximum Gasteiger partial charge on any atom is 0.220 e. The summed E-state index contributed by atoms with van der Waals surface area (Å²) in [6, 6.07) is 2.14. The van der Waals surface area contributed by atoms with Crippen LogP contribution in [0.25, 0.3) is 0 Å². The average molecular weight is 261 g/mol. The molecule has 0 bridgehead atoms. The topological polar surface area (TPSA) is 46.9 Å². The molecule has 0 saturated heterocycles. The van der Waals surface area contributed by atoms with E-state index in [-0.39, 0.29) is 11.9 Å². The van der Waals surface area contributed by atoms with Crippen LogP contribution in [-0.4, -0.2) is 21.7 Å². The molecule has 0 unspecified atom stereocenters. The van der Waals surface area contributed by atoms with Crippen molar-refractivity contribution in [3.05, 3.63) is 29.6 Å². The van der Waals surface area contributed by atoms with E-state index in [1.807, 2.05) is 17.8 Å². The number of rotatable bonds is 5. The van der Waals surface area contributed by atoms with Gasteiger partial charge in [0.05, 0.1) is 0 Å². The summed E-state index contributed by atoms with van der Waals surface area (Å²) < 4.78 is 1.82. The second-order valence-corrected chi connectivity index (χ2v) is 5.26. The smallest absolute Gasteiger partial charge is 0.220 e. The molecule has 0 aromatic carbocycles. The minimum absolute atomic E-state index is 0.125. The summed E-state index contributed by atoms with van der Waals surface area (Å²) in [5.41, 5.74) is 2.49. The zero-order valence-corrected chi connectivity index (χ0v) is 11.9. The van der Waals surface area contributed by atoms with Crippen LogP contribution in [0.2, 0.25) is 0 Å². The van der Waals surface area contributed by atoms with Crippen molar-refractivity contribution in [1.82, 2.24) is 15.1 Å². The molecule has 0 spiro atoms. The maximum absolute atomic E-state index is 11.9. The molecule has 1 amide bonds. The Labute approximate surface area is 114 Å². The fourth-order valence-electron chi connectivity index (χ4n) is 2.55. The molecule has 19 heavy (non-hydrogen) atoms. The first kappa shape index (κ1) is 13.8. The molecule has 4 heteroatoms. The van der Waals surface area contributed by atoms with E-state index in [1.165, 1.54) is 18.4 Å².